The van der Waals surface area contributed by atoms with Gasteiger partial charge in [0.25, 0.3) is 5.91 Å². The summed E-state index contributed by atoms with van der Waals surface area (Å²) in [4.78, 5) is 37.3. The highest BCUT2D eigenvalue weighted by molar-refractivity contribution is 7.91. The standard InChI is InChI=1S/C17H21N3O5S/c21-15(18-13-8-9-26(24,25)11-13)10-20-16(22)14(19-17(20)23)7-6-12-4-2-1-3-5-12/h1-5,13-14H,6-11H2,(H,18,21)(H,19,23)/t13-,14+/m0/s1. The van der Waals surface area contributed by atoms with Crippen molar-refractivity contribution < 1.29 is 22.8 Å². The van der Waals surface area contributed by atoms with Crippen molar-refractivity contribution >= 4 is 27.7 Å². The van der Waals surface area contributed by atoms with Crippen molar-refractivity contribution in [2.45, 2.75) is 31.3 Å². The molecule has 1 aromatic carbocycles. The average molecular weight is 379 g/mol. The zero-order valence-electron chi connectivity index (χ0n) is 14.2. The largest absolute Gasteiger partial charge is 0.351 e. The van der Waals surface area contributed by atoms with E-state index in [9.17, 15) is 22.8 Å². The fraction of sp³-hybridized carbons (Fsp3) is 0.471. The monoisotopic (exact) mass is 379 g/mol. The van der Waals surface area contributed by atoms with Crippen LogP contribution in [-0.4, -0.2) is 61.3 Å². The second-order valence-corrected chi connectivity index (χ2v) is 8.85. The van der Waals surface area contributed by atoms with Gasteiger partial charge in [-0.15, -0.1) is 0 Å². The number of imide groups is 1. The lowest BCUT2D eigenvalue weighted by Crippen LogP contribution is -2.45. The van der Waals surface area contributed by atoms with Crippen molar-refractivity contribution in [3.05, 3.63) is 35.9 Å². The molecular formula is C17H21N3O5S. The van der Waals surface area contributed by atoms with Crippen LogP contribution in [0.3, 0.4) is 0 Å². The van der Waals surface area contributed by atoms with Crippen molar-refractivity contribution in [1.29, 1.82) is 0 Å². The van der Waals surface area contributed by atoms with Crippen molar-refractivity contribution in [2.75, 3.05) is 18.1 Å². The first kappa shape index (κ1) is 18.4. The van der Waals surface area contributed by atoms with E-state index in [1.54, 1.807) is 0 Å². The summed E-state index contributed by atoms with van der Waals surface area (Å²) in [6.45, 7) is -0.400. The number of urea groups is 1. The molecule has 8 nitrogen and oxygen atoms in total. The number of rotatable bonds is 6. The molecule has 2 atom stereocenters. The maximum absolute atomic E-state index is 12.4. The predicted octanol–water partition coefficient (Wildman–Crippen LogP) is -0.157. The Morgan fingerprint density at radius 2 is 1.96 bits per heavy atom. The number of amides is 4. The van der Waals surface area contributed by atoms with Gasteiger partial charge < -0.3 is 10.6 Å². The smallest absolute Gasteiger partial charge is 0.325 e. The molecule has 26 heavy (non-hydrogen) atoms. The van der Waals surface area contributed by atoms with E-state index >= 15 is 0 Å². The van der Waals surface area contributed by atoms with Crippen LogP contribution in [0.1, 0.15) is 18.4 Å². The van der Waals surface area contributed by atoms with Crippen molar-refractivity contribution in [2.24, 2.45) is 0 Å². The summed E-state index contributed by atoms with van der Waals surface area (Å²) in [5.41, 5.74) is 1.06. The summed E-state index contributed by atoms with van der Waals surface area (Å²) < 4.78 is 22.8. The molecule has 0 radical (unpaired) electrons. The highest BCUT2D eigenvalue weighted by atomic mass is 32.2. The molecule has 2 aliphatic heterocycles. The second kappa shape index (κ2) is 7.45. The van der Waals surface area contributed by atoms with E-state index in [0.29, 0.717) is 19.3 Å². The van der Waals surface area contributed by atoms with Gasteiger partial charge in [0, 0.05) is 6.04 Å². The molecule has 0 unspecified atom stereocenters. The van der Waals surface area contributed by atoms with Gasteiger partial charge in [-0.3, -0.25) is 14.5 Å². The molecule has 9 heteroatoms. The third-order valence-corrected chi connectivity index (χ3v) is 6.34. The Morgan fingerprint density at radius 1 is 1.23 bits per heavy atom. The SMILES string of the molecule is O=C(CN1C(=O)N[C@H](CCc2ccccc2)C1=O)N[C@H]1CCS(=O)(=O)C1. The van der Waals surface area contributed by atoms with Crippen LogP contribution in [0.2, 0.25) is 0 Å². The van der Waals surface area contributed by atoms with E-state index in [2.05, 4.69) is 10.6 Å². The first-order chi connectivity index (χ1) is 12.3. The van der Waals surface area contributed by atoms with E-state index < -0.39 is 46.3 Å². The van der Waals surface area contributed by atoms with E-state index in [4.69, 9.17) is 0 Å². The number of carbonyl (C=O) groups excluding carboxylic acids is 3. The molecule has 3 rings (SSSR count). The molecule has 1 aromatic rings. The lowest BCUT2D eigenvalue weighted by molar-refractivity contribution is -0.132. The Morgan fingerprint density at radius 3 is 2.62 bits per heavy atom. The van der Waals surface area contributed by atoms with Gasteiger partial charge in [-0.05, 0) is 24.8 Å². The Bertz CT molecular complexity index is 809. The number of carbonyl (C=O) groups is 3. The lowest BCUT2D eigenvalue weighted by atomic mass is 10.1. The van der Waals surface area contributed by atoms with Crippen LogP contribution in [-0.2, 0) is 25.8 Å². The molecule has 140 valence electrons. The lowest BCUT2D eigenvalue weighted by Gasteiger charge is -2.15. The zero-order chi connectivity index (χ0) is 18.7. The van der Waals surface area contributed by atoms with E-state index in [1.165, 1.54) is 0 Å². The third-order valence-electron chi connectivity index (χ3n) is 4.57. The van der Waals surface area contributed by atoms with Gasteiger partial charge in [0.1, 0.15) is 12.6 Å². The number of benzene rings is 1. The van der Waals surface area contributed by atoms with Gasteiger partial charge in [-0.2, -0.15) is 0 Å². The van der Waals surface area contributed by atoms with Crippen molar-refractivity contribution in [3.8, 4) is 0 Å². The van der Waals surface area contributed by atoms with Gasteiger partial charge in [0.15, 0.2) is 9.84 Å². The molecule has 4 amide bonds. The quantitative estimate of drug-likeness (QED) is 0.667. The van der Waals surface area contributed by atoms with Crippen LogP contribution in [0.15, 0.2) is 30.3 Å². The summed E-state index contributed by atoms with van der Waals surface area (Å²) >= 11 is 0. The normalized spacial score (nSPS) is 24.5. The maximum Gasteiger partial charge on any atom is 0.325 e. The van der Waals surface area contributed by atoms with E-state index in [-0.39, 0.29) is 11.5 Å². The average Bonchev–Trinajstić information content (AvgIpc) is 3.07. The van der Waals surface area contributed by atoms with Gasteiger partial charge in [0.2, 0.25) is 5.91 Å². The number of nitrogens with zero attached hydrogens (tertiary/aromatic N) is 1. The molecular weight excluding hydrogens is 358 g/mol. The summed E-state index contributed by atoms with van der Waals surface area (Å²) in [7, 11) is -3.11. The number of sulfone groups is 1. The van der Waals surface area contributed by atoms with Gasteiger partial charge in [-0.1, -0.05) is 30.3 Å². The first-order valence-electron chi connectivity index (χ1n) is 8.50. The molecule has 2 heterocycles. The molecule has 2 N–H and O–H groups in total. The van der Waals surface area contributed by atoms with Crippen LogP contribution >= 0.6 is 0 Å². The minimum Gasteiger partial charge on any atom is -0.351 e. The molecule has 0 aromatic heterocycles. The summed E-state index contributed by atoms with van der Waals surface area (Å²) in [5.74, 6) is -1.01. The first-order valence-corrected chi connectivity index (χ1v) is 10.3. The molecule has 2 aliphatic rings. The van der Waals surface area contributed by atoms with Crippen LogP contribution in [0.25, 0.3) is 0 Å². The van der Waals surface area contributed by atoms with Crippen LogP contribution in [0, 0.1) is 0 Å². The highest BCUT2D eigenvalue weighted by Crippen LogP contribution is 2.14. The summed E-state index contributed by atoms with van der Waals surface area (Å²) in [6, 6.07) is 7.91. The minimum atomic E-state index is -3.11. The second-order valence-electron chi connectivity index (χ2n) is 6.62. The van der Waals surface area contributed by atoms with Gasteiger partial charge >= 0.3 is 6.03 Å². The number of hydrogen-bond acceptors (Lipinski definition) is 5. The van der Waals surface area contributed by atoms with E-state index in [1.807, 2.05) is 30.3 Å². The van der Waals surface area contributed by atoms with Crippen molar-refractivity contribution in [1.82, 2.24) is 15.5 Å². The predicted molar refractivity (Wildman–Crippen MR) is 94.0 cm³/mol. The fourth-order valence-electron chi connectivity index (χ4n) is 3.20. The fourth-order valence-corrected chi connectivity index (χ4v) is 4.88. The minimum absolute atomic E-state index is 0.0443. The molecule has 0 bridgehead atoms. The van der Waals surface area contributed by atoms with Crippen LogP contribution in [0.5, 0.6) is 0 Å². The number of aryl methyl sites for hydroxylation is 1. The number of nitrogens with one attached hydrogen (secondary N) is 2. The molecule has 0 spiro atoms. The van der Waals surface area contributed by atoms with Crippen LogP contribution < -0.4 is 10.6 Å². The Labute approximate surface area is 151 Å². The van der Waals surface area contributed by atoms with E-state index in [0.717, 1.165) is 10.5 Å². The molecule has 2 saturated heterocycles. The zero-order valence-corrected chi connectivity index (χ0v) is 15.0. The van der Waals surface area contributed by atoms with Gasteiger partial charge in [-0.25, -0.2) is 13.2 Å². The summed E-state index contributed by atoms with van der Waals surface area (Å²) in [5, 5.41) is 5.18. The molecule has 0 saturated carbocycles. The Balaban J connectivity index is 1.51. The highest BCUT2D eigenvalue weighted by Gasteiger charge is 2.39. The Hall–Kier alpha value is -2.42. The topological polar surface area (TPSA) is 113 Å². The van der Waals surface area contributed by atoms with Crippen molar-refractivity contribution in [3.63, 3.8) is 0 Å². The Kier molecular flexibility index (Phi) is 5.26. The number of hydrogen-bond donors (Lipinski definition) is 2. The third kappa shape index (κ3) is 4.40. The summed E-state index contributed by atoms with van der Waals surface area (Å²) in [6.07, 6.45) is 1.44. The van der Waals surface area contributed by atoms with Gasteiger partial charge in [0.05, 0.1) is 11.5 Å². The van der Waals surface area contributed by atoms with Crippen LogP contribution in [0.4, 0.5) is 4.79 Å². The molecule has 0 aliphatic carbocycles. The molecule has 2 fully saturated rings. The maximum atomic E-state index is 12.4.